The first-order chi connectivity index (χ1) is 13.4. The molecule has 2 heterocycles. The first-order valence-electron chi connectivity index (χ1n) is 11.7. The Morgan fingerprint density at radius 1 is 0.929 bits per heavy atom. The fourth-order valence-corrected chi connectivity index (χ4v) is 5.80. The van der Waals surface area contributed by atoms with E-state index >= 15 is 0 Å². The summed E-state index contributed by atoms with van der Waals surface area (Å²) in [6.45, 7) is 7.20. The monoisotopic (exact) mass is 389 g/mol. The van der Waals surface area contributed by atoms with Gasteiger partial charge in [0.25, 0.3) is 0 Å². The molecule has 0 unspecified atom stereocenters. The zero-order valence-electron chi connectivity index (χ0n) is 18.1. The van der Waals surface area contributed by atoms with Crippen LogP contribution in [0.4, 0.5) is 0 Å². The van der Waals surface area contributed by atoms with Crippen LogP contribution >= 0.6 is 0 Å². The predicted molar refractivity (Wildman–Crippen MR) is 111 cm³/mol. The summed E-state index contributed by atoms with van der Waals surface area (Å²) < 4.78 is 0. The fraction of sp³-hybridized carbons (Fsp3) is 0.875. The van der Waals surface area contributed by atoms with Crippen molar-refractivity contribution in [2.24, 2.45) is 29.1 Å². The summed E-state index contributed by atoms with van der Waals surface area (Å²) in [7, 11) is 0. The van der Waals surface area contributed by atoms with Gasteiger partial charge in [0, 0.05) is 24.8 Å². The maximum Gasteiger partial charge on any atom is 0.226 e. The molecule has 1 aliphatic carbocycles. The molecule has 0 aromatic rings. The molecule has 0 aromatic heterocycles. The number of rotatable bonds is 1. The third-order valence-corrected chi connectivity index (χ3v) is 7.86. The van der Waals surface area contributed by atoms with E-state index in [1.807, 2.05) is 11.8 Å². The number of Topliss-reactive ketones (excluding diaryl/α,β-unsaturated/α-hetero) is 1. The highest BCUT2D eigenvalue weighted by Gasteiger charge is 2.69. The Labute approximate surface area is 170 Å². The predicted octanol–water partition coefficient (Wildman–Crippen LogP) is 4.79. The lowest BCUT2D eigenvalue weighted by Gasteiger charge is -2.32. The number of hydrogen-bond donors (Lipinski definition) is 0. The maximum absolute atomic E-state index is 13.2. The van der Waals surface area contributed by atoms with Crippen molar-refractivity contribution in [2.75, 3.05) is 6.54 Å². The summed E-state index contributed by atoms with van der Waals surface area (Å²) in [6.07, 6.45) is 12.5. The smallest absolute Gasteiger partial charge is 0.226 e. The second-order valence-electron chi connectivity index (χ2n) is 10.3. The quantitative estimate of drug-likeness (QED) is 0.606. The van der Waals surface area contributed by atoms with E-state index in [9.17, 15) is 14.4 Å². The van der Waals surface area contributed by atoms with Gasteiger partial charge in [-0.15, -0.1) is 0 Å². The second kappa shape index (κ2) is 9.09. The molecule has 28 heavy (non-hydrogen) atoms. The molecule has 0 bridgehead atoms. The van der Waals surface area contributed by atoms with Crippen molar-refractivity contribution in [1.82, 2.24) is 4.90 Å². The molecule has 3 aliphatic rings. The van der Waals surface area contributed by atoms with Gasteiger partial charge in [0.2, 0.25) is 5.91 Å². The number of hydrogen-bond acceptors (Lipinski definition) is 3. The fourth-order valence-electron chi connectivity index (χ4n) is 5.80. The number of carbonyl (C=O) groups excluding carboxylic acids is 3. The molecule has 3 fully saturated rings. The Kier molecular flexibility index (Phi) is 6.98. The largest absolute Gasteiger partial charge is 0.332 e. The summed E-state index contributed by atoms with van der Waals surface area (Å²) >= 11 is 0. The van der Waals surface area contributed by atoms with Gasteiger partial charge in [-0.2, -0.15) is 0 Å². The third-order valence-electron chi connectivity index (χ3n) is 7.86. The van der Waals surface area contributed by atoms with Crippen LogP contribution in [0.1, 0.15) is 91.4 Å². The minimum atomic E-state index is -0.298. The molecule has 1 saturated carbocycles. The van der Waals surface area contributed by atoms with Gasteiger partial charge in [0.15, 0.2) is 5.78 Å². The molecular weight excluding hydrogens is 350 g/mol. The molecule has 2 aliphatic heterocycles. The highest BCUT2D eigenvalue weighted by Crippen LogP contribution is 2.65. The van der Waals surface area contributed by atoms with E-state index < -0.39 is 0 Å². The molecule has 2 saturated heterocycles. The lowest BCUT2D eigenvalue weighted by molar-refractivity contribution is -0.143. The van der Waals surface area contributed by atoms with E-state index in [4.69, 9.17) is 0 Å². The number of aldehydes is 1. The van der Waals surface area contributed by atoms with E-state index in [0.29, 0.717) is 12.3 Å². The molecule has 0 spiro atoms. The third kappa shape index (κ3) is 4.52. The van der Waals surface area contributed by atoms with Gasteiger partial charge >= 0.3 is 0 Å². The molecule has 5 atom stereocenters. The standard InChI is InChI=1S/C24H39NO3/c1-17-12-10-8-6-4-5-7-9-11-13-18(16-26)14-20(27)22-21-19(24(21,2)3)15-25(22)23(17)28/h16-19,21-22H,4-15H2,1-3H3/t17-,18+,19-,21-,22+/m0/s1. The minimum Gasteiger partial charge on any atom is -0.332 e. The van der Waals surface area contributed by atoms with Crippen LogP contribution in [-0.2, 0) is 14.4 Å². The van der Waals surface area contributed by atoms with E-state index in [0.717, 1.165) is 44.9 Å². The van der Waals surface area contributed by atoms with Crippen LogP contribution in [0.3, 0.4) is 0 Å². The van der Waals surface area contributed by atoms with Crippen LogP contribution in [0.25, 0.3) is 0 Å². The van der Waals surface area contributed by atoms with E-state index in [1.54, 1.807) is 0 Å². The molecular formula is C24H39NO3. The lowest BCUT2D eigenvalue weighted by atomic mass is 9.90. The highest BCUT2D eigenvalue weighted by atomic mass is 16.2. The molecule has 158 valence electrons. The van der Waals surface area contributed by atoms with E-state index in [1.165, 1.54) is 32.1 Å². The van der Waals surface area contributed by atoms with Crippen LogP contribution in [0.5, 0.6) is 0 Å². The normalized spacial score (nSPS) is 37.7. The molecule has 3 rings (SSSR count). The number of carbonyl (C=O) groups is 3. The van der Waals surface area contributed by atoms with Crippen LogP contribution in [-0.4, -0.2) is 35.5 Å². The Bertz CT molecular complexity index is 584. The van der Waals surface area contributed by atoms with Crippen LogP contribution < -0.4 is 0 Å². The summed E-state index contributed by atoms with van der Waals surface area (Å²) in [4.78, 5) is 39.9. The zero-order valence-corrected chi connectivity index (χ0v) is 18.1. The second-order valence-corrected chi connectivity index (χ2v) is 10.3. The van der Waals surface area contributed by atoms with E-state index in [-0.39, 0.29) is 40.9 Å². The van der Waals surface area contributed by atoms with Crippen LogP contribution in [0, 0.1) is 29.1 Å². The molecule has 0 radical (unpaired) electrons. The van der Waals surface area contributed by atoms with Crippen molar-refractivity contribution in [1.29, 1.82) is 0 Å². The van der Waals surface area contributed by atoms with Crippen LogP contribution in [0.2, 0.25) is 0 Å². The van der Waals surface area contributed by atoms with Crippen molar-refractivity contribution in [2.45, 2.75) is 97.4 Å². The van der Waals surface area contributed by atoms with Gasteiger partial charge in [-0.3, -0.25) is 9.59 Å². The van der Waals surface area contributed by atoms with Crippen molar-refractivity contribution in [3.8, 4) is 0 Å². The SMILES string of the molecule is C[C@H]1CCCCCCCCCC[C@@H](C=O)CC(=O)[C@@H]2[C@@H]3[C@H](CN2C1=O)C3(C)C. The van der Waals surface area contributed by atoms with Crippen molar-refractivity contribution >= 4 is 18.0 Å². The molecule has 0 N–H and O–H groups in total. The number of amides is 1. The number of ketones is 1. The van der Waals surface area contributed by atoms with Crippen LogP contribution in [0.15, 0.2) is 0 Å². The first-order valence-corrected chi connectivity index (χ1v) is 11.7. The molecule has 4 nitrogen and oxygen atoms in total. The first kappa shape index (κ1) is 21.5. The minimum absolute atomic E-state index is 0.00605. The van der Waals surface area contributed by atoms with Crippen molar-refractivity contribution in [3.05, 3.63) is 0 Å². The van der Waals surface area contributed by atoms with Gasteiger partial charge in [-0.1, -0.05) is 72.1 Å². The van der Waals surface area contributed by atoms with Gasteiger partial charge < -0.3 is 9.69 Å². The summed E-state index contributed by atoms with van der Waals surface area (Å²) in [5.41, 5.74) is 0.149. The number of piperidine rings is 1. The lowest BCUT2D eigenvalue weighted by Crippen LogP contribution is -2.47. The zero-order chi connectivity index (χ0) is 20.3. The number of fused-ring (bicyclic) bond motifs is 3. The van der Waals surface area contributed by atoms with Gasteiger partial charge in [0.05, 0.1) is 6.04 Å². The Morgan fingerprint density at radius 3 is 2.11 bits per heavy atom. The van der Waals surface area contributed by atoms with Crippen molar-refractivity contribution in [3.63, 3.8) is 0 Å². The maximum atomic E-state index is 13.2. The Morgan fingerprint density at radius 2 is 1.50 bits per heavy atom. The van der Waals surface area contributed by atoms with Crippen molar-refractivity contribution < 1.29 is 14.4 Å². The topological polar surface area (TPSA) is 54.5 Å². The molecule has 0 aromatic carbocycles. The highest BCUT2D eigenvalue weighted by molar-refractivity contribution is 5.92. The summed E-state index contributed by atoms with van der Waals surface area (Å²) in [5.74, 6) is 0.823. The summed E-state index contributed by atoms with van der Waals surface area (Å²) in [5, 5.41) is 0. The average Bonchev–Trinajstić information content (AvgIpc) is 3.02. The molecule has 1 amide bonds. The Balaban J connectivity index is 1.73. The van der Waals surface area contributed by atoms with E-state index in [2.05, 4.69) is 13.8 Å². The summed E-state index contributed by atoms with van der Waals surface area (Å²) in [6, 6.07) is -0.298. The molecule has 4 heteroatoms. The number of nitrogens with zero attached hydrogens (tertiary/aromatic N) is 1. The average molecular weight is 390 g/mol. The Hall–Kier alpha value is -1.19. The van der Waals surface area contributed by atoms with Gasteiger partial charge in [-0.25, -0.2) is 0 Å². The van der Waals surface area contributed by atoms with Gasteiger partial charge in [-0.05, 0) is 30.1 Å². The van der Waals surface area contributed by atoms with Gasteiger partial charge in [0.1, 0.15) is 6.29 Å².